The fraction of sp³-hybridized carbons (Fsp3) is 0.257. The Morgan fingerprint density at radius 1 is 0.692 bits per heavy atom. The topological polar surface area (TPSA) is 17.6 Å². The number of hydrogen-bond donors (Lipinski definition) is 0. The summed E-state index contributed by atoms with van der Waals surface area (Å²) in [5.74, 6) is 4.31. The van der Waals surface area contributed by atoms with E-state index in [0.717, 1.165) is 11.6 Å². The number of fused-ring (bicyclic) bond motifs is 3. The van der Waals surface area contributed by atoms with E-state index in [1.807, 2.05) is 0 Å². The van der Waals surface area contributed by atoms with Gasteiger partial charge in [0, 0.05) is 34.0 Å². The zero-order valence-corrected chi connectivity index (χ0v) is 24.1. The van der Waals surface area contributed by atoms with Gasteiger partial charge in [-0.2, -0.15) is 9.13 Å². The molecule has 0 N–H and O–H groups in total. The Balaban J connectivity index is 1.58. The first kappa shape index (κ1) is 25.1. The van der Waals surface area contributed by atoms with Crippen LogP contribution in [0.4, 0.5) is 0 Å². The van der Waals surface area contributed by atoms with Gasteiger partial charge in [0.05, 0.1) is 18.0 Å². The Labute approximate surface area is 231 Å². The zero-order chi connectivity index (χ0) is 27.4. The second-order valence-corrected chi connectivity index (χ2v) is 11.3. The summed E-state index contributed by atoms with van der Waals surface area (Å²) in [7, 11) is 2.18. The predicted octanol–water partition coefficient (Wildman–Crippen LogP) is 7.54. The minimum Gasteiger partial charge on any atom is -0.270 e. The molecule has 0 saturated carbocycles. The highest BCUT2D eigenvalue weighted by Gasteiger charge is 2.29. The predicted molar refractivity (Wildman–Crippen MR) is 160 cm³/mol. The zero-order valence-electron chi connectivity index (χ0n) is 24.1. The Bertz CT molecular complexity index is 1820. The minimum absolute atomic E-state index is 0.437. The van der Waals surface area contributed by atoms with E-state index >= 15 is 0 Å². The Kier molecular flexibility index (Phi) is 6.14. The van der Waals surface area contributed by atoms with Crippen molar-refractivity contribution in [2.75, 3.05) is 0 Å². The molecule has 0 aliphatic carbocycles. The molecule has 0 saturated heterocycles. The molecule has 39 heavy (non-hydrogen) atoms. The molecule has 0 amide bonds. The maximum Gasteiger partial charge on any atom is 0.346 e. The highest BCUT2D eigenvalue weighted by Crippen LogP contribution is 2.33. The van der Waals surface area contributed by atoms with Gasteiger partial charge in [0.1, 0.15) is 7.05 Å². The van der Waals surface area contributed by atoms with Crippen molar-refractivity contribution in [3.05, 3.63) is 114 Å². The molecule has 0 radical (unpaired) electrons. The van der Waals surface area contributed by atoms with Gasteiger partial charge < -0.3 is 0 Å². The number of nitrogens with zero attached hydrogens (tertiary/aromatic N) is 4. The van der Waals surface area contributed by atoms with Gasteiger partial charge in [-0.05, 0) is 36.5 Å². The van der Waals surface area contributed by atoms with Gasteiger partial charge in [0.25, 0.3) is 0 Å². The molecule has 3 heterocycles. The molecule has 3 aromatic carbocycles. The van der Waals surface area contributed by atoms with Crippen LogP contribution < -0.4 is 9.13 Å². The van der Waals surface area contributed by atoms with Crippen LogP contribution >= 0.6 is 0 Å². The van der Waals surface area contributed by atoms with E-state index in [1.54, 1.807) is 0 Å². The number of rotatable bonds is 5. The summed E-state index contributed by atoms with van der Waals surface area (Å²) in [5, 5.41) is 2.57. The monoisotopic (exact) mass is 514 g/mol. The van der Waals surface area contributed by atoms with Crippen LogP contribution in [0.1, 0.15) is 62.0 Å². The number of aromatic nitrogens is 4. The number of imidazole rings is 1. The van der Waals surface area contributed by atoms with Crippen LogP contribution in [-0.4, -0.2) is 9.13 Å². The third-order valence-corrected chi connectivity index (χ3v) is 8.20. The smallest absolute Gasteiger partial charge is 0.270 e. The van der Waals surface area contributed by atoms with E-state index in [9.17, 15) is 0 Å². The first-order valence-electron chi connectivity index (χ1n) is 14.0. The summed E-state index contributed by atoms with van der Waals surface area (Å²) >= 11 is 0. The van der Waals surface area contributed by atoms with Gasteiger partial charge >= 0.3 is 11.6 Å². The van der Waals surface area contributed by atoms with Crippen LogP contribution in [0.25, 0.3) is 39.1 Å². The molecule has 0 aliphatic heterocycles. The van der Waals surface area contributed by atoms with Crippen molar-refractivity contribution >= 4 is 21.8 Å². The SMILES string of the molecule is Cc1cccc2c3ccccc3n(-c3cccc(-[n+]4ccn(-c5c(C(C)C)cccc5C(C)C)c4C)[n+]3C)c12. The average Bonchev–Trinajstić information content (AvgIpc) is 3.47. The fourth-order valence-corrected chi connectivity index (χ4v) is 6.19. The summed E-state index contributed by atoms with van der Waals surface area (Å²) in [6.45, 7) is 13.6. The van der Waals surface area contributed by atoms with Crippen molar-refractivity contribution in [1.29, 1.82) is 0 Å². The largest absolute Gasteiger partial charge is 0.346 e. The number of pyridine rings is 1. The molecule has 3 aromatic heterocycles. The Hall–Kier alpha value is -4.18. The average molecular weight is 515 g/mol. The van der Waals surface area contributed by atoms with E-state index in [-0.39, 0.29) is 0 Å². The molecule has 0 bridgehead atoms. The van der Waals surface area contributed by atoms with Crippen molar-refractivity contribution in [1.82, 2.24) is 9.13 Å². The summed E-state index contributed by atoms with van der Waals surface area (Å²) < 4.78 is 9.42. The van der Waals surface area contributed by atoms with E-state index in [4.69, 9.17) is 0 Å². The standard InChI is InChI=1S/C35H38N4/c1-23(2)27-15-11-16-28(24(3)4)35(27)38-22-21-37(26(38)6)32-19-12-20-33(36(32)7)39-31-18-9-8-14-29(31)30-17-10-13-25(5)34(30)39/h8-24H,1-7H3/q+2. The summed E-state index contributed by atoms with van der Waals surface area (Å²) in [6.07, 6.45) is 4.42. The highest BCUT2D eigenvalue weighted by atomic mass is 15.3. The molecule has 196 valence electrons. The third kappa shape index (κ3) is 3.89. The lowest BCUT2D eigenvalue weighted by Crippen LogP contribution is -2.49. The van der Waals surface area contributed by atoms with Crippen LogP contribution in [0, 0.1) is 13.8 Å². The Morgan fingerprint density at radius 2 is 1.33 bits per heavy atom. The second kappa shape index (κ2) is 9.53. The van der Waals surface area contributed by atoms with E-state index in [0.29, 0.717) is 11.8 Å². The summed E-state index contributed by atoms with van der Waals surface area (Å²) in [5.41, 5.74) is 7.84. The quantitative estimate of drug-likeness (QED) is 0.212. The molecule has 6 aromatic rings. The van der Waals surface area contributed by atoms with Crippen molar-refractivity contribution in [2.24, 2.45) is 7.05 Å². The van der Waals surface area contributed by atoms with E-state index < -0.39 is 0 Å². The Morgan fingerprint density at radius 3 is 2.05 bits per heavy atom. The fourth-order valence-electron chi connectivity index (χ4n) is 6.19. The molecule has 6 rings (SSSR count). The summed E-state index contributed by atoms with van der Waals surface area (Å²) in [6, 6.07) is 28.7. The van der Waals surface area contributed by atoms with Gasteiger partial charge in [-0.1, -0.05) is 82.3 Å². The number of benzene rings is 3. The molecular formula is C35H38N4+2. The lowest BCUT2D eigenvalue weighted by Gasteiger charge is -2.16. The first-order valence-corrected chi connectivity index (χ1v) is 14.0. The number of para-hydroxylation sites is 3. The molecule has 0 spiro atoms. The molecule has 0 atom stereocenters. The highest BCUT2D eigenvalue weighted by molar-refractivity contribution is 6.09. The second-order valence-electron chi connectivity index (χ2n) is 11.3. The number of hydrogen-bond acceptors (Lipinski definition) is 0. The van der Waals surface area contributed by atoms with Crippen LogP contribution in [0.5, 0.6) is 0 Å². The maximum absolute atomic E-state index is 2.42. The lowest BCUT2D eigenvalue weighted by atomic mass is 9.92. The van der Waals surface area contributed by atoms with Crippen LogP contribution in [0.3, 0.4) is 0 Å². The molecule has 0 aliphatic rings. The normalized spacial score (nSPS) is 11.9. The van der Waals surface area contributed by atoms with Gasteiger partial charge in [0.15, 0.2) is 18.1 Å². The molecular weight excluding hydrogens is 476 g/mol. The van der Waals surface area contributed by atoms with Crippen molar-refractivity contribution in [3.8, 4) is 17.3 Å². The maximum atomic E-state index is 2.42. The third-order valence-electron chi connectivity index (χ3n) is 8.20. The number of aryl methyl sites for hydroxylation is 1. The van der Waals surface area contributed by atoms with Crippen LogP contribution in [0.15, 0.2) is 91.3 Å². The van der Waals surface area contributed by atoms with Gasteiger partial charge in [-0.15, -0.1) is 4.57 Å². The van der Waals surface area contributed by atoms with E-state index in [2.05, 4.69) is 158 Å². The summed E-state index contributed by atoms with van der Waals surface area (Å²) in [4.78, 5) is 0. The van der Waals surface area contributed by atoms with Crippen LogP contribution in [-0.2, 0) is 7.05 Å². The van der Waals surface area contributed by atoms with Gasteiger partial charge in [-0.3, -0.25) is 4.57 Å². The van der Waals surface area contributed by atoms with Crippen molar-refractivity contribution in [3.63, 3.8) is 0 Å². The first-order chi connectivity index (χ1) is 18.8. The van der Waals surface area contributed by atoms with Crippen molar-refractivity contribution in [2.45, 2.75) is 53.4 Å². The van der Waals surface area contributed by atoms with E-state index in [1.165, 1.54) is 50.0 Å². The molecule has 4 nitrogen and oxygen atoms in total. The lowest BCUT2D eigenvalue weighted by molar-refractivity contribution is -0.776. The van der Waals surface area contributed by atoms with Crippen LogP contribution in [0.2, 0.25) is 0 Å². The molecule has 0 fully saturated rings. The van der Waals surface area contributed by atoms with Gasteiger partial charge in [0.2, 0.25) is 5.82 Å². The molecule has 0 unspecified atom stereocenters. The van der Waals surface area contributed by atoms with Gasteiger partial charge in [-0.25, -0.2) is 0 Å². The minimum atomic E-state index is 0.437. The molecule has 4 heteroatoms. The van der Waals surface area contributed by atoms with Crippen molar-refractivity contribution < 1.29 is 9.13 Å².